The minimum absolute atomic E-state index is 0.0319. The second-order valence-electron chi connectivity index (χ2n) is 7.72. The molecule has 132 valence electrons. The van der Waals surface area contributed by atoms with E-state index in [0.29, 0.717) is 18.2 Å². The maximum absolute atomic E-state index is 12.4. The molecular weight excluding hydrogens is 290 g/mol. The lowest BCUT2D eigenvalue weighted by Crippen LogP contribution is -2.66. The summed E-state index contributed by atoms with van der Waals surface area (Å²) in [6.45, 7) is 5.00. The molecule has 5 heteroatoms. The fraction of sp³-hybridized carbons (Fsp3) is 0.944. The lowest BCUT2D eigenvalue weighted by atomic mass is 9.55. The van der Waals surface area contributed by atoms with Gasteiger partial charge in [-0.25, -0.2) is 4.79 Å². The van der Waals surface area contributed by atoms with Gasteiger partial charge in [-0.3, -0.25) is 0 Å². The number of nitrogens with one attached hydrogen (secondary N) is 2. The molecule has 0 aromatic rings. The lowest BCUT2D eigenvalue weighted by molar-refractivity contribution is -0.146. The van der Waals surface area contributed by atoms with E-state index in [1.807, 2.05) is 0 Å². The van der Waals surface area contributed by atoms with E-state index in [1.54, 1.807) is 0 Å². The quantitative estimate of drug-likeness (QED) is 0.836. The predicted octanol–water partition coefficient (Wildman–Crippen LogP) is 2.51. The summed E-state index contributed by atoms with van der Waals surface area (Å²) in [5.74, 6) is 0. The molecule has 23 heavy (non-hydrogen) atoms. The van der Waals surface area contributed by atoms with Crippen molar-refractivity contribution in [2.24, 2.45) is 5.41 Å². The zero-order chi connectivity index (χ0) is 16.3. The summed E-state index contributed by atoms with van der Waals surface area (Å²) in [5, 5.41) is 6.47. The SMILES string of the molecule is CCO[C@H]1C[C@@H](NC(=O)NC2CCN(C)CC2)C12CCCCC2. The first kappa shape index (κ1) is 17.0. The largest absolute Gasteiger partial charge is 0.378 e. The van der Waals surface area contributed by atoms with Crippen molar-refractivity contribution in [1.82, 2.24) is 15.5 Å². The molecule has 3 rings (SSSR count). The molecule has 1 aliphatic heterocycles. The van der Waals surface area contributed by atoms with Crippen molar-refractivity contribution in [3.63, 3.8) is 0 Å². The van der Waals surface area contributed by atoms with Crippen molar-refractivity contribution in [1.29, 1.82) is 0 Å². The highest BCUT2D eigenvalue weighted by Gasteiger charge is 2.56. The summed E-state index contributed by atoms with van der Waals surface area (Å²) in [4.78, 5) is 14.7. The van der Waals surface area contributed by atoms with Crippen LogP contribution >= 0.6 is 0 Å². The van der Waals surface area contributed by atoms with E-state index in [0.717, 1.165) is 39.0 Å². The van der Waals surface area contributed by atoms with E-state index in [1.165, 1.54) is 32.1 Å². The number of amides is 2. The average Bonchev–Trinajstić information content (AvgIpc) is 2.57. The zero-order valence-corrected chi connectivity index (χ0v) is 14.8. The summed E-state index contributed by atoms with van der Waals surface area (Å²) in [7, 11) is 2.14. The van der Waals surface area contributed by atoms with Crippen LogP contribution in [0.1, 0.15) is 58.3 Å². The van der Waals surface area contributed by atoms with Gasteiger partial charge in [-0.2, -0.15) is 0 Å². The Morgan fingerprint density at radius 3 is 2.52 bits per heavy atom. The van der Waals surface area contributed by atoms with Crippen LogP contribution in [-0.4, -0.2) is 55.9 Å². The van der Waals surface area contributed by atoms with Crippen LogP contribution in [-0.2, 0) is 4.74 Å². The fourth-order valence-corrected chi connectivity index (χ4v) is 4.80. The van der Waals surface area contributed by atoms with Gasteiger partial charge >= 0.3 is 6.03 Å². The number of hydrogen-bond acceptors (Lipinski definition) is 3. The molecule has 5 nitrogen and oxygen atoms in total. The number of carbonyl (C=O) groups is 1. The third-order valence-corrected chi connectivity index (χ3v) is 6.30. The maximum Gasteiger partial charge on any atom is 0.315 e. The molecule has 2 N–H and O–H groups in total. The Bertz CT molecular complexity index is 401. The molecular formula is C18H33N3O2. The van der Waals surface area contributed by atoms with E-state index >= 15 is 0 Å². The highest BCUT2D eigenvalue weighted by molar-refractivity contribution is 5.75. The molecule has 2 amide bonds. The van der Waals surface area contributed by atoms with E-state index in [4.69, 9.17) is 4.74 Å². The molecule has 3 fully saturated rings. The first-order valence-corrected chi connectivity index (χ1v) is 9.51. The topological polar surface area (TPSA) is 53.6 Å². The Kier molecular flexibility index (Phi) is 5.47. The van der Waals surface area contributed by atoms with Crippen LogP contribution in [0.2, 0.25) is 0 Å². The Labute approximate surface area is 140 Å². The summed E-state index contributed by atoms with van der Waals surface area (Å²) in [6, 6.07) is 0.659. The second kappa shape index (κ2) is 7.39. The number of urea groups is 1. The number of likely N-dealkylation sites (tertiary alicyclic amines) is 1. The van der Waals surface area contributed by atoms with E-state index in [-0.39, 0.29) is 11.4 Å². The van der Waals surface area contributed by atoms with Gasteiger partial charge in [0, 0.05) is 24.1 Å². The van der Waals surface area contributed by atoms with Crippen LogP contribution in [0, 0.1) is 5.41 Å². The van der Waals surface area contributed by atoms with Crippen LogP contribution in [0.4, 0.5) is 4.79 Å². The molecule has 1 heterocycles. The lowest BCUT2D eigenvalue weighted by Gasteiger charge is -2.57. The number of hydrogen-bond donors (Lipinski definition) is 2. The minimum Gasteiger partial charge on any atom is -0.378 e. The standard InChI is InChI=1S/C18H33N3O2/c1-3-23-16-13-15(18(16)9-5-4-6-10-18)20-17(22)19-14-7-11-21(2)12-8-14/h14-16H,3-13H2,1-2H3,(H2,19,20,22)/t15-,16+/m1/s1. The van der Waals surface area contributed by atoms with Crippen LogP contribution < -0.4 is 10.6 Å². The summed E-state index contributed by atoms with van der Waals surface area (Å²) in [6.07, 6.45) is 9.73. The van der Waals surface area contributed by atoms with Crippen LogP contribution in [0.5, 0.6) is 0 Å². The van der Waals surface area contributed by atoms with Gasteiger partial charge < -0.3 is 20.3 Å². The predicted molar refractivity (Wildman–Crippen MR) is 91.5 cm³/mol. The molecule has 3 aliphatic rings. The van der Waals surface area contributed by atoms with Crippen molar-refractivity contribution >= 4 is 6.03 Å². The monoisotopic (exact) mass is 323 g/mol. The van der Waals surface area contributed by atoms with Gasteiger partial charge in [0.25, 0.3) is 0 Å². The normalized spacial score (nSPS) is 31.6. The zero-order valence-electron chi connectivity index (χ0n) is 14.8. The molecule has 0 bridgehead atoms. The average molecular weight is 323 g/mol. The molecule has 0 unspecified atom stereocenters. The molecule has 1 spiro atoms. The van der Waals surface area contributed by atoms with Crippen LogP contribution in [0.3, 0.4) is 0 Å². The van der Waals surface area contributed by atoms with E-state index in [9.17, 15) is 4.79 Å². The van der Waals surface area contributed by atoms with Gasteiger partial charge in [0.05, 0.1) is 6.10 Å². The Hall–Kier alpha value is -0.810. The molecule has 0 radical (unpaired) electrons. The van der Waals surface area contributed by atoms with Crippen molar-refractivity contribution in [3.8, 4) is 0 Å². The minimum atomic E-state index is 0.0319. The van der Waals surface area contributed by atoms with E-state index < -0.39 is 0 Å². The maximum atomic E-state index is 12.4. The van der Waals surface area contributed by atoms with Gasteiger partial charge in [-0.15, -0.1) is 0 Å². The molecule has 2 saturated carbocycles. The highest BCUT2D eigenvalue weighted by Crippen LogP contribution is 2.53. The van der Waals surface area contributed by atoms with E-state index in [2.05, 4.69) is 29.5 Å². The Morgan fingerprint density at radius 2 is 1.87 bits per heavy atom. The van der Waals surface area contributed by atoms with Gasteiger partial charge in [0.15, 0.2) is 0 Å². The Balaban J connectivity index is 1.51. The van der Waals surface area contributed by atoms with Crippen molar-refractivity contribution in [3.05, 3.63) is 0 Å². The summed E-state index contributed by atoms with van der Waals surface area (Å²) >= 11 is 0. The van der Waals surface area contributed by atoms with Crippen molar-refractivity contribution in [2.45, 2.75) is 76.5 Å². The molecule has 2 atom stereocenters. The number of nitrogens with zero attached hydrogens (tertiary/aromatic N) is 1. The van der Waals surface area contributed by atoms with Gasteiger partial charge in [0.2, 0.25) is 0 Å². The molecule has 1 saturated heterocycles. The van der Waals surface area contributed by atoms with Crippen molar-refractivity contribution in [2.75, 3.05) is 26.7 Å². The molecule has 0 aromatic carbocycles. The highest BCUT2D eigenvalue weighted by atomic mass is 16.5. The van der Waals surface area contributed by atoms with Crippen LogP contribution in [0.15, 0.2) is 0 Å². The third kappa shape index (κ3) is 3.66. The third-order valence-electron chi connectivity index (χ3n) is 6.30. The van der Waals surface area contributed by atoms with Crippen LogP contribution in [0.25, 0.3) is 0 Å². The second-order valence-corrected chi connectivity index (χ2v) is 7.72. The van der Waals surface area contributed by atoms with Gasteiger partial charge in [0.1, 0.15) is 0 Å². The first-order chi connectivity index (χ1) is 11.1. The number of ether oxygens (including phenoxy) is 1. The number of piperidine rings is 1. The summed E-state index contributed by atoms with van der Waals surface area (Å²) < 4.78 is 5.97. The smallest absolute Gasteiger partial charge is 0.315 e. The molecule has 0 aromatic heterocycles. The molecule has 2 aliphatic carbocycles. The summed E-state index contributed by atoms with van der Waals surface area (Å²) in [5.41, 5.74) is 0.207. The Morgan fingerprint density at radius 1 is 1.17 bits per heavy atom. The number of carbonyl (C=O) groups excluding carboxylic acids is 1. The van der Waals surface area contributed by atoms with Gasteiger partial charge in [-0.1, -0.05) is 19.3 Å². The van der Waals surface area contributed by atoms with Crippen molar-refractivity contribution < 1.29 is 9.53 Å². The van der Waals surface area contributed by atoms with Gasteiger partial charge in [-0.05, 0) is 59.2 Å². The fourth-order valence-electron chi connectivity index (χ4n) is 4.80. The number of rotatable bonds is 4. The first-order valence-electron chi connectivity index (χ1n) is 9.51.